The lowest BCUT2D eigenvalue weighted by Gasteiger charge is -2.09. The maximum atomic E-state index is 11.3. The van der Waals surface area contributed by atoms with Gasteiger partial charge in [0.25, 0.3) is 5.69 Å². The molecule has 1 saturated heterocycles. The Bertz CT molecular complexity index is 624. The number of rotatable bonds is 5. The molecule has 110 valence electrons. The highest BCUT2D eigenvalue weighted by Gasteiger charge is 2.22. The summed E-state index contributed by atoms with van der Waals surface area (Å²) in [5.41, 5.74) is 1.23. The van der Waals surface area contributed by atoms with Crippen molar-refractivity contribution in [3.05, 3.63) is 58.0 Å². The van der Waals surface area contributed by atoms with E-state index in [0.717, 1.165) is 22.8 Å². The van der Waals surface area contributed by atoms with E-state index in [-0.39, 0.29) is 10.6 Å². The van der Waals surface area contributed by atoms with E-state index >= 15 is 0 Å². The zero-order valence-electron chi connectivity index (χ0n) is 11.1. The van der Waals surface area contributed by atoms with Crippen molar-refractivity contribution in [2.45, 2.75) is 15.2 Å². The van der Waals surface area contributed by atoms with Crippen molar-refractivity contribution in [2.75, 3.05) is 11.5 Å². The summed E-state index contributed by atoms with van der Waals surface area (Å²) in [6, 6.07) is 9.29. The SMILES string of the molecule is O=[N+]([O-])c1cc(C2SCCS2)ccc1SCc1ccco1. The number of nitrogens with zero attached hydrogens (tertiary/aromatic N) is 1. The van der Waals surface area contributed by atoms with Gasteiger partial charge in [-0.3, -0.25) is 10.1 Å². The molecule has 0 radical (unpaired) electrons. The number of benzene rings is 1. The van der Waals surface area contributed by atoms with Crippen LogP contribution in [0.5, 0.6) is 0 Å². The smallest absolute Gasteiger partial charge is 0.283 e. The maximum Gasteiger partial charge on any atom is 0.283 e. The van der Waals surface area contributed by atoms with Gasteiger partial charge >= 0.3 is 0 Å². The van der Waals surface area contributed by atoms with Crippen LogP contribution in [-0.4, -0.2) is 16.4 Å². The molecular weight excluding hydrogens is 326 g/mol. The first-order valence-electron chi connectivity index (χ1n) is 6.41. The first kappa shape index (κ1) is 14.9. The molecule has 2 heterocycles. The quantitative estimate of drug-likeness (QED) is 0.436. The Morgan fingerprint density at radius 1 is 1.33 bits per heavy atom. The molecule has 0 unspecified atom stereocenters. The number of nitro groups is 1. The molecule has 0 aliphatic carbocycles. The highest BCUT2D eigenvalue weighted by atomic mass is 32.2. The Morgan fingerprint density at radius 3 is 2.81 bits per heavy atom. The van der Waals surface area contributed by atoms with Crippen molar-refractivity contribution in [2.24, 2.45) is 0 Å². The highest BCUT2D eigenvalue weighted by Crippen LogP contribution is 2.46. The largest absolute Gasteiger partial charge is 0.468 e. The maximum absolute atomic E-state index is 11.3. The van der Waals surface area contributed by atoms with Crippen molar-refractivity contribution >= 4 is 41.0 Å². The van der Waals surface area contributed by atoms with E-state index in [1.54, 1.807) is 12.3 Å². The van der Waals surface area contributed by atoms with Gasteiger partial charge in [-0.2, -0.15) is 0 Å². The van der Waals surface area contributed by atoms with E-state index < -0.39 is 0 Å². The van der Waals surface area contributed by atoms with Gasteiger partial charge in [0, 0.05) is 17.6 Å². The number of hydrogen-bond acceptors (Lipinski definition) is 6. The molecule has 0 amide bonds. The van der Waals surface area contributed by atoms with Crippen molar-refractivity contribution < 1.29 is 9.34 Å². The summed E-state index contributed by atoms with van der Waals surface area (Å²) < 4.78 is 5.59. The topological polar surface area (TPSA) is 56.3 Å². The Hall–Kier alpha value is -1.05. The molecule has 0 spiro atoms. The van der Waals surface area contributed by atoms with Crippen LogP contribution in [0.15, 0.2) is 45.9 Å². The fraction of sp³-hybridized carbons (Fsp3) is 0.286. The molecule has 21 heavy (non-hydrogen) atoms. The molecule has 0 bridgehead atoms. The molecule has 1 aliphatic rings. The normalized spacial score (nSPS) is 15.4. The second-order valence-corrected chi connectivity index (χ2v) is 8.17. The highest BCUT2D eigenvalue weighted by molar-refractivity contribution is 8.19. The van der Waals surface area contributed by atoms with Crippen LogP contribution in [0, 0.1) is 10.1 Å². The van der Waals surface area contributed by atoms with Crippen molar-refractivity contribution in [3.63, 3.8) is 0 Å². The van der Waals surface area contributed by atoms with Crippen molar-refractivity contribution in [1.29, 1.82) is 0 Å². The molecule has 1 fully saturated rings. The fourth-order valence-electron chi connectivity index (χ4n) is 2.04. The third-order valence-corrected chi connectivity index (χ3v) is 7.21. The van der Waals surface area contributed by atoms with E-state index in [1.807, 2.05) is 47.8 Å². The van der Waals surface area contributed by atoms with Crippen LogP contribution in [0.1, 0.15) is 15.9 Å². The van der Waals surface area contributed by atoms with E-state index in [1.165, 1.54) is 11.8 Å². The molecule has 1 aliphatic heterocycles. The molecule has 4 nitrogen and oxygen atoms in total. The molecule has 1 aromatic heterocycles. The van der Waals surface area contributed by atoms with Crippen molar-refractivity contribution in [1.82, 2.24) is 0 Å². The summed E-state index contributed by atoms with van der Waals surface area (Å²) in [5, 5.41) is 11.3. The summed E-state index contributed by atoms with van der Waals surface area (Å²) in [6.07, 6.45) is 1.61. The number of furan rings is 1. The van der Waals surface area contributed by atoms with Gasteiger partial charge in [0.2, 0.25) is 0 Å². The summed E-state index contributed by atoms with van der Waals surface area (Å²) in [5.74, 6) is 3.64. The second-order valence-electron chi connectivity index (χ2n) is 4.43. The van der Waals surface area contributed by atoms with Crippen LogP contribution < -0.4 is 0 Å². The Balaban J connectivity index is 1.80. The van der Waals surface area contributed by atoms with Gasteiger partial charge in [-0.15, -0.1) is 35.3 Å². The minimum atomic E-state index is -0.293. The van der Waals surface area contributed by atoms with Gasteiger partial charge in [-0.05, 0) is 23.8 Å². The average Bonchev–Trinajstić information content (AvgIpc) is 3.18. The molecule has 0 N–H and O–H groups in total. The van der Waals surface area contributed by atoms with Gasteiger partial charge in [0.05, 0.1) is 26.4 Å². The van der Waals surface area contributed by atoms with Gasteiger partial charge in [-0.25, -0.2) is 0 Å². The van der Waals surface area contributed by atoms with E-state index in [9.17, 15) is 10.1 Å². The van der Waals surface area contributed by atoms with Crippen LogP contribution in [0.25, 0.3) is 0 Å². The van der Waals surface area contributed by atoms with Crippen LogP contribution in [-0.2, 0) is 5.75 Å². The van der Waals surface area contributed by atoms with Crippen LogP contribution in [0.3, 0.4) is 0 Å². The van der Waals surface area contributed by atoms with Crippen LogP contribution >= 0.6 is 35.3 Å². The first-order chi connectivity index (χ1) is 10.2. The van der Waals surface area contributed by atoms with Gasteiger partial charge in [0.15, 0.2) is 0 Å². The summed E-state index contributed by atoms with van der Waals surface area (Å²) in [7, 11) is 0. The van der Waals surface area contributed by atoms with E-state index in [0.29, 0.717) is 15.2 Å². The molecule has 1 aromatic carbocycles. The second kappa shape index (κ2) is 6.81. The Kier molecular flexibility index (Phi) is 4.82. The predicted octanol–water partition coefficient (Wildman–Crippen LogP) is 4.96. The number of hydrogen-bond donors (Lipinski definition) is 0. The van der Waals surface area contributed by atoms with E-state index in [4.69, 9.17) is 4.42 Å². The van der Waals surface area contributed by atoms with Gasteiger partial charge in [0.1, 0.15) is 5.76 Å². The van der Waals surface area contributed by atoms with E-state index in [2.05, 4.69) is 0 Å². The lowest BCUT2D eigenvalue weighted by molar-refractivity contribution is -0.387. The average molecular weight is 339 g/mol. The molecule has 0 atom stereocenters. The Labute approximate surface area is 135 Å². The van der Waals surface area contributed by atoms with Crippen LogP contribution in [0.4, 0.5) is 5.69 Å². The zero-order chi connectivity index (χ0) is 14.7. The predicted molar refractivity (Wildman–Crippen MR) is 89.0 cm³/mol. The lowest BCUT2D eigenvalue weighted by Crippen LogP contribution is -1.94. The zero-order valence-corrected chi connectivity index (χ0v) is 13.5. The number of thioether (sulfide) groups is 3. The summed E-state index contributed by atoms with van der Waals surface area (Å²) >= 11 is 5.14. The molecule has 2 aromatic rings. The van der Waals surface area contributed by atoms with Crippen LogP contribution in [0.2, 0.25) is 0 Å². The van der Waals surface area contributed by atoms with Crippen molar-refractivity contribution in [3.8, 4) is 0 Å². The van der Waals surface area contributed by atoms with Gasteiger partial charge in [-0.1, -0.05) is 6.07 Å². The molecular formula is C14H13NO3S3. The fourth-order valence-corrected chi connectivity index (χ4v) is 5.79. The third kappa shape index (κ3) is 3.59. The lowest BCUT2D eigenvalue weighted by atomic mass is 10.2. The minimum Gasteiger partial charge on any atom is -0.468 e. The standard InChI is InChI=1S/C14H13NO3S3/c16-15(17)12-8-10(14-19-6-7-20-14)3-4-13(12)21-9-11-2-1-5-18-11/h1-5,8,14H,6-7,9H2. The monoisotopic (exact) mass is 339 g/mol. The molecule has 0 saturated carbocycles. The Morgan fingerprint density at radius 2 is 2.14 bits per heavy atom. The minimum absolute atomic E-state index is 0.192. The van der Waals surface area contributed by atoms with Gasteiger partial charge < -0.3 is 4.42 Å². The number of nitro benzene ring substituents is 1. The third-order valence-electron chi connectivity index (χ3n) is 3.02. The first-order valence-corrected chi connectivity index (χ1v) is 9.49. The molecule has 7 heteroatoms. The molecule has 3 rings (SSSR count). The summed E-state index contributed by atoms with van der Waals surface area (Å²) in [6.45, 7) is 0. The summed E-state index contributed by atoms with van der Waals surface area (Å²) in [4.78, 5) is 11.7.